The second kappa shape index (κ2) is 5.87. The van der Waals surface area contributed by atoms with Crippen molar-refractivity contribution in [3.63, 3.8) is 0 Å². The van der Waals surface area contributed by atoms with E-state index < -0.39 is 15.8 Å². The van der Waals surface area contributed by atoms with Crippen molar-refractivity contribution in [2.24, 2.45) is 0 Å². The highest BCUT2D eigenvalue weighted by Gasteiger charge is 2.30. The molecule has 1 N–H and O–H groups in total. The summed E-state index contributed by atoms with van der Waals surface area (Å²) >= 11 is 1.31. The van der Waals surface area contributed by atoms with E-state index in [0.29, 0.717) is 21.4 Å². The van der Waals surface area contributed by atoms with Crippen LogP contribution in [0.3, 0.4) is 0 Å². The first-order valence-electron chi connectivity index (χ1n) is 7.43. The number of halogens is 1. The van der Waals surface area contributed by atoms with E-state index in [1.165, 1.54) is 35.6 Å². The molecular weight excluding hydrogens is 353 g/mol. The average molecular weight is 367 g/mol. The standard InChI is InChI=1S/C14H14FN5O2S2/c15-11-5-1-9(2-6-11)8-24(21,22)16-7-12-19-20-13(10-3-4-10)17-18-14(20)23-12/h1-2,5-6,10,16H,3-4,7-8H2. The minimum absolute atomic E-state index is 0.0989. The zero-order valence-electron chi connectivity index (χ0n) is 12.5. The molecule has 1 aromatic carbocycles. The summed E-state index contributed by atoms with van der Waals surface area (Å²) in [5.74, 6) is 0.673. The van der Waals surface area contributed by atoms with Crippen LogP contribution in [0.1, 0.15) is 35.2 Å². The SMILES string of the molecule is O=S(=O)(Cc1ccc(F)cc1)NCc1nn2c(C3CC3)nnc2s1. The molecule has 0 atom stereocenters. The summed E-state index contributed by atoms with van der Waals surface area (Å²) in [6, 6.07) is 5.40. The number of sulfonamides is 1. The van der Waals surface area contributed by atoms with E-state index in [4.69, 9.17) is 0 Å². The van der Waals surface area contributed by atoms with Gasteiger partial charge in [0.05, 0.1) is 12.3 Å². The fraction of sp³-hybridized carbons (Fsp3) is 0.357. The smallest absolute Gasteiger partial charge is 0.212 e. The topological polar surface area (TPSA) is 89.2 Å². The maximum Gasteiger partial charge on any atom is 0.234 e. The molecule has 0 unspecified atom stereocenters. The summed E-state index contributed by atoms with van der Waals surface area (Å²) in [7, 11) is -3.53. The Morgan fingerprint density at radius 2 is 2.00 bits per heavy atom. The lowest BCUT2D eigenvalue weighted by Crippen LogP contribution is -2.24. The van der Waals surface area contributed by atoms with Gasteiger partial charge in [-0.25, -0.2) is 17.5 Å². The molecule has 2 heterocycles. The summed E-state index contributed by atoms with van der Waals surface area (Å²) in [4.78, 5) is 0.671. The molecule has 1 fully saturated rings. The van der Waals surface area contributed by atoms with Crippen LogP contribution in [0.5, 0.6) is 0 Å². The minimum Gasteiger partial charge on any atom is -0.212 e. The van der Waals surface area contributed by atoms with Crippen molar-refractivity contribution in [3.8, 4) is 0 Å². The maximum absolute atomic E-state index is 12.9. The van der Waals surface area contributed by atoms with Crippen LogP contribution in [-0.4, -0.2) is 28.2 Å². The van der Waals surface area contributed by atoms with Gasteiger partial charge in [-0.15, -0.1) is 10.2 Å². The fourth-order valence-corrected chi connectivity index (χ4v) is 4.32. The van der Waals surface area contributed by atoms with Gasteiger partial charge in [-0.05, 0) is 30.5 Å². The van der Waals surface area contributed by atoms with Crippen molar-refractivity contribution >= 4 is 26.3 Å². The minimum atomic E-state index is -3.53. The Hall–Kier alpha value is -1.91. The number of hydrogen-bond donors (Lipinski definition) is 1. The zero-order chi connectivity index (χ0) is 16.7. The first-order valence-corrected chi connectivity index (χ1v) is 9.90. The van der Waals surface area contributed by atoms with Crippen molar-refractivity contribution in [1.82, 2.24) is 24.5 Å². The Bertz CT molecular complexity index is 976. The summed E-state index contributed by atoms with van der Waals surface area (Å²) in [6.07, 6.45) is 2.19. The van der Waals surface area contributed by atoms with Crippen molar-refractivity contribution < 1.29 is 12.8 Å². The number of hydrogen-bond acceptors (Lipinski definition) is 6. The average Bonchev–Trinajstić information content (AvgIpc) is 3.17. The zero-order valence-corrected chi connectivity index (χ0v) is 14.1. The molecule has 7 nitrogen and oxygen atoms in total. The molecule has 1 aliphatic carbocycles. The molecule has 3 aromatic rings. The molecule has 0 spiro atoms. The molecule has 1 aliphatic rings. The molecule has 126 valence electrons. The quantitative estimate of drug-likeness (QED) is 0.718. The highest BCUT2D eigenvalue weighted by Crippen LogP contribution is 2.39. The van der Waals surface area contributed by atoms with Crippen LogP contribution in [0.2, 0.25) is 0 Å². The van der Waals surface area contributed by atoms with Gasteiger partial charge < -0.3 is 0 Å². The number of aromatic nitrogens is 4. The van der Waals surface area contributed by atoms with Crippen LogP contribution < -0.4 is 4.72 Å². The van der Waals surface area contributed by atoms with Crippen LogP contribution in [0.25, 0.3) is 4.96 Å². The lowest BCUT2D eigenvalue weighted by Gasteiger charge is -2.05. The second-order valence-electron chi connectivity index (χ2n) is 5.73. The van der Waals surface area contributed by atoms with Crippen molar-refractivity contribution in [3.05, 3.63) is 46.5 Å². The molecular formula is C14H14FN5O2S2. The van der Waals surface area contributed by atoms with Gasteiger partial charge in [-0.3, -0.25) is 0 Å². The Balaban J connectivity index is 1.44. The third-order valence-electron chi connectivity index (χ3n) is 3.71. The van der Waals surface area contributed by atoms with E-state index >= 15 is 0 Å². The van der Waals surface area contributed by atoms with Crippen molar-refractivity contribution in [1.29, 1.82) is 0 Å². The van der Waals surface area contributed by atoms with Crippen LogP contribution in [0, 0.1) is 5.82 Å². The molecule has 10 heteroatoms. The molecule has 24 heavy (non-hydrogen) atoms. The molecule has 2 aromatic heterocycles. The van der Waals surface area contributed by atoms with Crippen molar-refractivity contribution in [2.75, 3.05) is 0 Å². The first-order chi connectivity index (χ1) is 11.5. The molecule has 1 saturated carbocycles. The van der Waals surface area contributed by atoms with Crippen molar-refractivity contribution in [2.45, 2.75) is 31.1 Å². The molecule has 0 amide bonds. The molecule has 0 saturated heterocycles. The van der Waals surface area contributed by atoms with E-state index in [2.05, 4.69) is 20.0 Å². The van der Waals surface area contributed by atoms with Crippen LogP contribution in [0.15, 0.2) is 24.3 Å². The number of benzene rings is 1. The van der Waals surface area contributed by atoms with E-state index in [-0.39, 0.29) is 12.3 Å². The van der Waals surface area contributed by atoms with Gasteiger partial charge in [0, 0.05) is 5.92 Å². The van der Waals surface area contributed by atoms with E-state index in [1.807, 2.05) is 0 Å². The molecule has 0 radical (unpaired) electrons. The van der Waals surface area contributed by atoms with Crippen LogP contribution in [0.4, 0.5) is 4.39 Å². The summed E-state index contributed by atoms with van der Waals surface area (Å²) in [6.45, 7) is 0.0989. The highest BCUT2D eigenvalue weighted by molar-refractivity contribution is 7.88. The monoisotopic (exact) mass is 367 g/mol. The van der Waals surface area contributed by atoms with E-state index in [0.717, 1.165) is 18.7 Å². The predicted molar refractivity (Wildman–Crippen MR) is 86.5 cm³/mol. The normalized spacial score (nSPS) is 15.2. The fourth-order valence-electron chi connectivity index (χ4n) is 2.36. The Morgan fingerprint density at radius 3 is 2.71 bits per heavy atom. The van der Waals surface area contributed by atoms with Gasteiger partial charge in [-0.2, -0.15) is 9.61 Å². The number of rotatable bonds is 6. The lowest BCUT2D eigenvalue weighted by atomic mass is 10.2. The van der Waals surface area contributed by atoms with Gasteiger partial charge in [0.1, 0.15) is 10.8 Å². The van der Waals surface area contributed by atoms with Crippen LogP contribution in [-0.2, 0) is 22.3 Å². The number of nitrogens with one attached hydrogen (secondary N) is 1. The Labute approximate surface area is 141 Å². The Morgan fingerprint density at radius 1 is 1.25 bits per heavy atom. The van der Waals surface area contributed by atoms with Gasteiger partial charge >= 0.3 is 0 Å². The van der Waals surface area contributed by atoms with E-state index in [1.54, 1.807) is 4.52 Å². The molecule has 0 bridgehead atoms. The third kappa shape index (κ3) is 3.30. The number of nitrogens with zero attached hydrogens (tertiary/aromatic N) is 4. The summed E-state index contributed by atoms with van der Waals surface area (Å²) in [5, 5.41) is 13.2. The highest BCUT2D eigenvalue weighted by atomic mass is 32.2. The largest absolute Gasteiger partial charge is 0.234 e. The predicted octanol–water partition coefficient (Wildman–Crippen LogP) is 1.82. The van der Waals surface area contributed by atoms with Gasteiger partial charge in [0.15, 0.2) is 5.82 Å². The van der Waals surface area contributed by atoms with Crippen LogP contribution >= 0.6 is 11.3 Å². The maximum atomic E-state index is 12.9. The second-order valence-corrected chi connectivity index (χ2v) is 8.58. The first kappa shape index (κ1) is 15.6. The summed E-state index contributed by atoms with van der Waals surface area (Å²) < 4.78 is 41.4. The van der Waals surface area contributed by atoms with Gasteiger partial charge in [-0.1, -0.05) is 23.5 Å². The molecule has 4 rings (SSSR count). The summed E-state index contributed by atoms with van der Waals surface area (Å²) in [5.41, 5.74) is 0.526. The Kier molecular flexibility index (Phi) is 3.82. The van der Waals surface area contributed by atoms with E-state index in [9.17, 15) is 12.8 Å². The lowest BCUT2D eigenvalue weighted by molar-refractivity contribution is 0.579. The van der Waals surface area contributed by atoms with Gasteiger partial charge in [0.25, 0.3) is 0 Å². The molecule has 0 aliphatic heterocycles. The van der Waals surface area contributed by atoms with Gasteiger partial charge in [0.2, 0.25) is 15.0 Å². The number of fused-ring (bicyclic) bond motifs is 1. The third-order valence-corrected chi connectivity index (χ3v) is 5.91.